The first-order valence-corrected chi connectivity index (χ1v) is 11.1. The second-order valence-electron chi connectivity index (χ2n) is 7.45. The Bertz CT molecular complexity index is 705. The largest absolute Gasteiger partial charge is 0.343 e. The van der Waals surface area contributed by atoms with Gasteiger partial charge in [-0.2, -0.15) is 0 Å². The molecule has 0 aromatic heterocycles. The number of sulfone groups is 1. The quantitative estimate of drug-likeness (QED) is 0.651. The second-order valence-corrected chi connectivity index (χ2v) is 9.77. The Morgan fingerprint density at radius 2 is 1.69 bits per heavy atom. The lowest BCUT2D eigenvalue weighted by Gasteiger charge is -2.32. The van der Waals surface area contributed by atoms with Crippen LogP contribution in [0.4, 0.5) is 0 Å². The Morgan fingerprint density at radius 1 is 1.08 bits per heavy atom. The maximum Gasteiger partial charge on any atom is 0.222 e. The van der Waals surface area contributed by atoms with E-state index in [1.807, 2.05) is 32.0 Å². The molecule has 26 heavy (non-hydrogen) atoms. The molecule has 1 aliphatic rings. The highest BCUT2D eigenvalue weighted by atomic mass is 32.2. The Balaban J connectivity index is 1.74. The molecule has 0 aliphatic carbocycles. The summed E-state index contributed by atoms with van der Waals surface area (Å²) in [5.74, 6) is 0.414. The molecule has 0 spiro atoms. The van der Waals surface area contributed by atoms with Crippen molar-refractivity contribution in [1.29, 1.82) is 0 Å². The first kappa shape index (κ1) is 20.6. The number of benzene rings is 1. The van der Waals surface area contributed by atoms with Crippen molar-refractivity contribution in [3.63, 3.8) is 0 Å². The van der Waals surface area contributed by atoms with E-state index in [1.54, 1.807) is 17.0 Å². The van der Waals surface area contributed by atoms with Crippen LogP contribution in [0.15, 0.2) is 30.3 Å². The minimum Gasteiger partial charge on any atom is -0.343 e. The van der Waals surface area contributed by atoms with Crippen LogP contribution in [0, 0.1) is 5.92 Å². The van der Waals surface area contributed by atoms with Crippen LogP contribution in [0.2, 0.25) is 0 Å². The third-order valence-electron chi connectivity index (χ3n) is 4.76. The summed E-state index contributed by atoms with van der Waals surface area (Å²) in [6.07, 6.45) is 2.25. The van der Waals surface area contributed by atoms with Crippen molar-refractivity contribution in [2.45, 2.75) is 51.2 Å². The first-order valence-electron chi connectivity index (χ1n) is 9.37. The zero-order valence-corrected chi connectivity index (χ0v) is 16.5. The van der Waals surface area contributed by atoms with Crippen molar-refractivity contribution in [3.8, 4) is 0 Å². The summed E-state index contributed by atoms with van der Waals surface area (Å²) >= 11 is 0. The predicted molar refractivity (Wildman–Crippen MR) is 103 cm³/mol. The zero-order valence-electron chi connectivity index (χ0n) is 15.7. The number of piperidine rings is 1. The molecule has 0 bridgehead atoms. The van der Waals surface area contributed by atoms with Gasteiger partial charge in [0.05, 0.1) is 11.0 Å². The number of rotatable bonds is 8. The maximum atomic E-state index is 12.3. The summed E-state index contributed by atoms with van der Waals surface area (Å²) in [5, 5.41) is -0.325. The number of amides is 1. The molecule has 1 fully saturated rings. The summed E-state index contributed by atoms with van der Waals surface area (Å²) in [6.45, 7) is 4.81. The van der Waals surface area contributed by atoms with Gasteiger partial charge in [0.25, 0.3) is 0 Å². The van der Waals surface area contributed by atoms with Crippen LogP contribution in [0.3, 0.4) is 0 Å². The van der Waals surface area contributed by atoms with Crippen molar-refractivity contribution < 1.29 is 18.0 Å². The molecule has 0 N–H and O–H groups in total. The number of nitrogens with zero attached hydrogens (tertiary/aromatic N) is 1. The molecular weight excluding hydrogens is 350 g/mol. The summed E-state index contributed by atoms with van der Waals surface area (Å²) in [5.41, 5.74) is 0.677. The van der Waals surface area contributed by atoms with Gasteiger partial charge in [-0.05, 0) is 25.2 Å². The predicted octanol–water partition coefficient (Wildman–Crippen LogP) is 3.10. The molecule has 0 unspecified atom stereocenters. The van der Waals surface area contributed by atoms with E-state index in [9.17, 15) is 18.0 Å². The summed E-state index contributed by atoms with van der Waals surface area (Å²) in [7, 11) is -3.07. The van der Waals surface area contributed by atoms with Crippen molar-refractivity contribution in [3.05, 3.63) is 35.9 Å². The van der Waals surface area contributed by atoms with Gasteiger partial charge in [0.1, 0.15) is 0 Å². The Kier molecular flexibility index (Phi) is 7.38. The fraction of sp³-hybridized carbons (Fsp3) is 0.600. The average molecular weight is 380 g/mol. The van der Waals surface area contributed by atoms with Gasteiger partial charge in [0.15, 0.2) is 15.6 Å². The van der Waals surface area contributed by atoms with Crippen molar-refractivity contribution in [2.24, 2.45) is 5.92 Å². The third kappa shape index (κ3) is 5.94. The van der Waals surface area contributed by atoms with Gasteiger partial charge in [0.2, 0.25) is 5.91 Å². The minimum atomic E-state index is -3.07. The van der Waals surface area contributed by atoms with E-state index in [1.165, 1.54) is 0 Å². The van der Waals surface area contributed by atoms with Crippen molar-refractivity contribution >= 4 is 21.5 Å². The lowest BCUT2D eigenvalue weighted by Crippen LogP contribution is -2.43. The Labute approximate surface area is 156 Å². The van der Waals surface area contributed by atoms with Crippen molar-refractivity contribution in [2.75, 3.05) is 18.8 Å². The molecule has 144 valence electrons. The molecule has 1 aliphatic heterocycles. The molecular formula is C20H29NO4S. The number of carbonyl (C=O) groups is 2. The van der Waals surface area contributed by atoms with Crippen LogP contribution in [-0.4, -0.2) is 49.1 Å². The highest BCUT2D eigenvalue weighted by Gasteiger charge is 2.31. The van der Waals surface area contributed by atoms with E-state index in [0.717, 1.165) is 0 Å². The van der Waals surface area contributed by atoms with Gasteiger partial charge in [0, 0.05) is 31.5 Å². The molecule has 2 rings (SSSR count). The van der Waals surface area contributed by atoms with E-state index < -0.39 is 9.84 Å². The van der Waals surface area contributed by atoms with Crippen LogP contribution in [0.5, 0.6) is 0 Å². The lowest BCUT2D eigenvalue weighted by molar-refractivity contribution is -0.132. The normalized spacial score (nSPS) is 16.0. The number of hydrogen-bond donors (Lipinski definition) is 0. The highest BCUT2D eigenvalue weighted by Crippen LogP contribution is 2.21. The number of hydrogen-bond acceptors (Lipinski definition) is 4. The number of Topliss-reactive ketones (excluding diaryl/α,β-unsaturated/α-hetero) is 1. The summed E-state index contributed by atoms with van der Waals surface area (Å²) in [6, 6.07) is 9.09. The number of ketones is 1. The fourth-order valence-electron chi connectivity index (χ4n) is 3.39. The Morgan fingerprint density at radius 3 is 2.27 bits per heavy atom. The van der Waals surface area contributed by atoms with Gasteiger partial charge in [-0.3, -0.25) is 9.59 Å². The van der Waals surface area contributed by atoms with Crippen LogP contribution >= 0.6 is 0 Å². The minimum absolute atomic E-state index is 0.0190. The lowest BCUT2D eigenvalue weighted by atomic mass is 10.0. The van der Waals surface area contributed by atoms with E-state index in [2.05, 4.69) is 0 Å². The maximum absolute atomic E-state index is 12.3. The molecule has 5 nitrogen and oxygen atoms in total. The summed E-state index contributed by atoms with van der Waals surface area (Å²) in [4.78, 5) is 26.1. The monoisotopic (exact) mass is 379 g/mol. The van der Waals surface area contributed by atoms with Gasteiger partial charge in [-0.15, -0.1) is 0 Å². The van der Waals surface area contributed by atoms with Crippen LogP contribution in [0.1, 0.15) is 56.3 Å². The molecule has 1 aromatic carbocycles. The van der Waals surface area contributed by atoms with Crippen molar-refractivity contribution in [1.82, 2.24) is 4.90 Å². The molecule has 1 saturated heterocycles. The molecule has 1 amide bonds. The highest BCUT2D eigenvalue weighted by molar-refractivity contribution is 7.92. The van der Waals surface area contributed by atoms with Crippen LogP contribution < -0.4 is 0 Å². The molecule has 0 radical (unpaired) electrons. The zero-order chi connectivity index (χ0) is 19.2. The van der Waals surface area contributed by atoms with Crippen LogP contribution in [-0.2, 0) is 14.6 Å². The van der Waals surface area contributed by atoms with E-state index >= 15 is 0 Å². The van der Waals surface area contributed by atoms with E-state index in [0.29, 0.717) is 50.8 Å². The smallest absolute Gasteiger partial charge is 0.222 e. The molecule has 1 aromatic rings. The standard InChI is InChI=1S/C20H29NO4S/c1-16(2)15-26(24,25)18-11-13-21(14-12-18)20(23)10-6-9-19(22)17-7-4-3-5-8-17/h3-5,7-8,16,18H,6,9-15H2,1-2H3. The van der Waals surface area contributed by atoms with Gasteiger partial charge in [-0.25, -0.2) is 8.42 Å². The van der Waals surface area contributed by atoms with Gasteiger partial charge < -0.3 is 4.90 Å². The van der Waals surface area contributed by atoms with E-state index in [4.69, 9.17) is 0 Å². The SMILES string of the molecule is CC(C)CS(=O)(=O)C1CCN(C(=O)CCCC(=O)c2ccccc2)CC1. The molecule has 0 saturated carbocycles. The fourth-order valence-corrected chi connectivity index (χ4v) is 5.52. The summed E-state index contributed by atoms with van der Waals surface area (Å²) < 4.78 is 24.6. The number of carbonyl (C=O) groups excluding carboxylic acids is 2. The number of likely N-dealkylation sites (tertiary alicyclic amines) is 1. The first-order chi connectivity index (χ1) is 12.3. The molecule has 6 heteroatoms. The van der Waals surface area contributed by atoms with Gasteiger partial charge in [-0.1, -0.05) is 44.2 Å². The third-order valence-corrected chi connectivity index (χ3v) is 7.38. The van der Waals surface area contributed by atoms with Crippen LogP contribution in [0.25, 0.3) is 0 Å². The topological polar surface area (TPSA) is 71.5 Å². The second kappa shape index (κ2) is 9.31. The molecule has 0 atom stereocenters. The van der Waals surface area contributed by atoms with E-state index in [-0.39, 0.29) is 28.6 Å². The Hall–Kier alpha value is -1.69. The average Bonchev–Trinajstić information content (AvgIpc) is 2.61. The van der Waals surface area contributed by atoms with Gasteiger partial charge >= 0.3 is 0 Å². The molecule has 1 heterocycles.